The molecule has 216 valence electrons. The highest BCUT2D eigenvalue weighted by Gasteiger charge is 2.71. The number of carbonyl (C=O) groups is 4. The first-order chi connectivity index (χ1) is 18.4. The number of fused-ring (bicyclic) bond motifs is 5. The van der Waals surface area contributed by atoms with Gasteiger partial charge < -0.3 is 19.3 Å². The Hall–Kier alpha value is -2.55. The van der Waals surface area contributed by atoms with Crippen molar-refractivity contribution >= 4 is 23.7 Å². The number of halogens is 1. The standard InChI is InChI=1S/C30H41FO8/c1-5-7-8-13-37-27(36)39-30(24(34)17-38-25(35)6-2)12-10-20-19-15-22(31)21-14-18(32)9-11-28(21,3)26(19)23(33)16-29(20,30)4/h9,11,14,19-20,22-23,26,33H,5-8,10,12-13,15-17H2,1-4H3/t19-,20-,22-,23?,26+,28-,29-,30-/m0/s1. The summed E-state index contributed by atoms with van der Waals surface area (Å²) in [6.07, 6.45) is 4.59. The Kier molecular flexibility index (Phi) is 8.41. The number of unbranched alkanes of at least 4 members (excludes halogenated alkanes) is 2. The predicted molar refractivity (Wildman–Crippen MR) is 139 cm³/mol. The van der Waals surface area contributed by atoms with E-state index in [2.05, 4.69) is 0 Å². The molecule has 4 rings (SSSR count). The zero-order valence-corrected chi connectivity index (χ0v) is 23.4. The summed E-state index contributed by atoms with van der Waals surface area (Å²) in [6.45, 7) is 6.90. The van der Waals surface area contributed by atoms with Gasteiger partial charge in [0.15, 0.2) is 18.0 Å². The monoisotopic (exact) mass is 548 g/mol. The maximum absolute atomic E-state index is 15.7. The van der Waals surface area contributed by atoms with E-state index in [1.165, 1.54) is 12.2 Å². The maximum Gasteiger partial charge on any atom is 0.509 e. The first kappa shape index (κ1) is 29.4. The molecule has 8 atom stereocenters. The molecule has 0 aromatic carbocycles. The number of carbonyl (C=O) groups excluding carboxylic acids is 4. The predicted octanol–water partition coefficient (Wildman–Crippen LogP) is 4.82. The van der Waals surface area contributed by atoms with Crippen molar-refractivity contribution in [2.75, 3.05) is 13.2 Å². The van der Waals surface area contributed by atoms with Crippen LogP contribution < -0.4 is 0 Å². The zero-order chi connectivity index (χ0) is 28.6. The Morgan fingerprint density at radius 2 is 1.90 bits per heavy atom. The molecule has 9 heteroatoms. The SMILES string of the molecule is CCCCCOC(=O)O[C@]1(C(=O)COC(=O)CC)CC[C@H]2[C@@H]3C[C@H](F)C4=CC(=O)C=C[C@]4(C)[C@H]3C(O)C[C@@]21C. The van der Waals surface area contributed by atoms with Crippen LogP contribution in [0.3, 0.4) is 0 Å². The number of esters is 1. The third kappa shape index (κ3) is 4.96. The molecule has 4 aliphatic rings. The fourth-order valence-corrected chi connectivity index (χ4v) is 8.05. The van der Waals surface area contributed by atoms with Crippen molar-refractivity contribution in [1.29, 1.82) is 0 Å². The van der Waals surface area contributed by atoms with Gasteiger partial charge in [-0.3, -0.25) is 14.4 Å². The lowest BCUT2D eigenvalue weighted by molar-refractivity contribution is -0.187. The minimum atomic E-state index is -1.69. The molecule has 0 saturated heterocycles. The van der Waals surface area contributed by atoms with Crippen LogP contribution in [0.2, 0.25) is 0 Å². The second kappa shape index (κ2) is 11.1. The summed E-state index contributed by atoms with van der Waals surface area (Å²) in [5, 5.41) is 11.6. The molecule has 0 aliphatic heterocycles. The fraction of sp³-hybridized carbons (Fsp3) is 0.733. The van der Waals surface area contributed by atoms with Crippen molar-refractivity contribution in [3.05, 3.63) is 23.8 Å². The van der Waals surface area contributed by atoms with Gasteiger partial charge in [0.25, 0.3) is 0 Å². The molecule has 0 heterocycles. The number of rotatable bonds is 9. The number of aliphatic hydroxyl groups is 1. The smallest absolute Gasteiger partial charge is 0.457 e. The van der Waals surface area contributed by atoms with E-state index in [4.69, 9.17) is 14.2 Å². The molecule has 0 amide bonds. The van der Waals surface area contributed by atoms with E-state index in [9.17, 15) is 24.3 Å². The number of alkyl halides is 1. The minimum absolute atomic E-state index is 0.0886. The number of ether oxygens (including phenoxy) is 3. The van der Waals surface area contributed by atoms with Gasteiger partial charge in [-0.15, -0.1) is 0 Å². The Labute approximate surface area is 229 Å². The fourth-order valence-electron chi connectivity index (χ4n) is 8.05. The van der Waals surface area contributed by atoms with Gasteiger partial charge in [0.05, 0.1) is 12.7 Å². The van der Waals surface area contributed by atoms with Crippen LogP contribution in [-0.2, 0) is 28.6 Å². The van der Waals surface area contributed by atoms with E-state index in [1.807, 2.05) is 20.8 Å². The number of allylic oxidation sites excluding steroid dienone is 4. The first-order valence-corrected chi connectivity index (χ1v) is 14.3. The van der Waals surface area contributed by atoms with Gasteiger partial charge in [-0.2, -0.15) is 0 Å². The number of hydrogen-bond acceptors (Lipinski definition) is 8. The molecular weight excluding hydrogens is 507 g/mol. The average molecular weight is 549 g/mol. The van der Waals surface area contributed by atoms with Crippen molar-refractivity contribution in [3.8, 4) is 0 Å². The van der Waals surface area contributed by atoms with Crippen molar-refractivity contribution in [2.45, 2.75) is 96.9 Å². The van der Waals surface area contributed by atoms with Crippen LogP contribution in [-0.4, -0.2) is 59.9 Å². The van der Waals surface area contributed by atoms with Crippen molar-refractivity contribution < 1.29 is 42.9 Å². The lowest BCUT2D eigenvalue weighted by Gasteiger charge is -2.60. The van der Waals surface area contributed by atoms with Crippen molar-refractivity contribution in [3.63, 3.8) is 0 Å². The molecule has 3 saturated carbocycles. The molecular formula is C30H41FO8. The Bertz CT molecular complexity index is 1070. The van der Waals surface area contributed by atoms with E-state index >= 15 is 4.39 Å². The molecule has 8 nitrogen and oxygen atoms in total. The van der Waals surface area contributed by atoms with Crippen LogP contribution in [0.5, 0.6) is 0 Å². The highest BCUT2D eigenvalue weighted by atomic mass is 19.1. The second-order valence-corrected chi connectivity index (χ2v) is 12.0. The minimum Gasteiger partial charge on any atom is -0.457 e. The normalized spacial score (nSPS) is 38.7. The number of aliphatic hydroxyl groups excluding tert-OH is 1. The second-order valence-electron chi connectivity index (χ2n) is 12.0. The molecule has 39 heavy (non-hydrogen) atoms. The summed E-state index contributed by atoms with van der Waals surface area (Å²) >= 11 is 0. The maximum atomic E-state index is 15.7. The largest absolute Gasteiger partial charge is 0.509 e. The molecule has 0 aromatic rings. The van der Waals surface area contributed by atoms with Crippen LogP contribution in [0.1, 0.15) is 79.1 Å². The van der Waals surface area contributed by atoms with Gasteiger partial charge in [0, 0.05) is 23.2 Å². The summed E-state index contributed by atoms with van der Waals surface area (Å²) in [5.41, 5.74) is -3.20. The summed E-state index contributed by atoms with van der Waals surface area (Å²) in [6, 6.07) is 0. The first-order valence-electron chi connectivity index (χ1n) is 14.3. The van der Waals surface area contributed by atoms with Gasteiger partial charge >= 0.3 is 12.1 Å². The molecule has 0 bridgehead atoms. The lowest BCUT2D eigenvalue weighted by atomic mass is 9.46. The van der Waals surface area contributed by atoms with Crippen LogP contribution in [0.15, 0.2) is 23.8 Å². The molecule has 0 radical (unpaired) electrons. The highest BCUT2D eigenvalue weighted by Crippen LogP contribution is 2.68. The molecule has 4 aliphatic carbocycles. The average Bonchev–Trinajstić information content (AvgIpc) is 3.18. The van der Waals surface area contributed by atoms with Gasteiger partial charge in [0.1, 0.15) is 6.17 Å². The van der Waals surface area contributed by atoms with E-state index in [-0.39, 0.29) is 55.8 Å². The molecule has 1 unspecified atom stereocenters. The third-order valence-electron chi connectivity index (χ3n) is 9.93. The van der Waals surface area contributed by atoms with Gasteiger partial charge in [-0.1, -0.05) is 46.6 Å². The molecule has 0 spiro atoms. The Morgan fingerprint density at radius 3 is 2.59 bits per heavy atom. The summed E-state index contributed by atoms with van der Waals surface area (Å²) in [7, 11) is 0. The topological polar surface area (TPSA) is 116 Å². The van der Waals surface area contributed by atoms with Crippen molar-refractivity contribution in [1.82, 2.24) is 0 Å². The zero-order valence-electron chi connectivity index (χ0n) is 23.4. The highest BCUT2D eigenvalue weighted by molar-refractivity contribution is 6.01. The lowest BCUT2D eigenvalue weighted by Crippen LogP contribution is -2.64. The van der Waals surface area contributed by atoms with Gasteiger partial charge in [-0.05, 0) is 61.7 Å². The van der Waals surface area contributed by atoms with E-state index < -0.39 is 53.2 Å². The van der Waals surface area contributed by atoms with Crippen LogP contribution in [0.25, 0.3) is 0 Å². The molecule has 3 fully saturated rings. The quantitative estimate of drug-likeness (QED) is 0.322. The van der Waals surface area contributed by atoms with Crippen LogP contribution in [0.4, 0.5) is 9.18 Å². The van der Waals surface area contributed by atoms with Crippen LogP contribution in [0, 0.1) is 28.6 Å². The molecule has 0 aromatic heterocycles. The van der Waals surface area contributed by atoms with Gasteiger partial charge in [0.2, 0.25) is 5.78 Å². The third-order valence-corrected chi connectivity index (χ3v) is 9.93. The van der Waals surface area contributed by atoms with Crippen LogP contribution >= 0.6 is 0 Å². The number of hydrogen-bond donors (Lipinski definition) is 1. The summed E-state index contributed by atoms with van der Waals surface area (Å²) in [5.74, 6) is -2.34. The summed E-state index contributed by atoms with van der Waals surface area (Å²) in [4.78, 5) is 50.6. The number of ketones is 2. The Morgan fingerprint density at radius 1 is 1.15 bits per heavy atom. The van der Waals surface area contributed by atoms with Gasteiger partial charge in [-0.25, -0.2) is 9.18 Å². The van der Waals surface area contributed by atoms with E-state index in [1.54, 1.807) is 13.0 Å². The Balaban J connectivity index is 1.68. The van der Waals surface area contributed by atoms with Crippen molar-refractivity contribution in [2.24, 2.45) is 28.6 Å². The number of Topliss-reactive ketones (excluding diaryl/α,β-unsaturated/α-hetero) is 1. The van der Waals surface area contributed by atoms with E-state index in [0.29, 0.717) is 18.4 Å². The molecule has 1 N–H and O–H groups in total. The summed E-state index contributed by atoms with van der Waals surface area (Å²) < 4.78 is 32.0. The van der Waals surface area contributed by atoms with E-state index in [0.717, 1.165) is 12.8 Å².